The van der Waals surface area contributed by atoms with Gasteiger partial charge in [-0.05, 0) is 56.5 Å². The van der Waals surface area contributed by atoms with Crippen molar-refractivity contribution in [2.75, 3.05) is 6.61 Å². The summed E-state index contributed by atoms with van der Waals surface area (Å²) in [6, 6.07) is 14.4. The fourth-order valence-electron chi connectivity index (χ4n) is 3.62. The Morgan fingerprint density at radius 1 is 1.10 bits per heavy atom. The van der Waals surface area contributed by atoms with E-state index in [2.05, 4.69) is 5.32 Å². The van der Waals surface area contributed by atoms with Crippen LogP contribution in [-0.4, -0.2) is 35.4 Å². The van der Waals surface area contributed by atoms with Gasteiger partial charge in [-0.3, -0.25) is 9.59 Å². The lowest BCUT2D eigenvalue weighted by molar-refractivity contribution is -0.142. The summed E-state index contributed by atoms with van der Waals surface area (Å²) in [5, 5.41) is 3.73. The lowest BCUT2D eigenvalue weighted by Gasteiger charge is -2.29. The van der Waals surface area contributed by atoms with Gasteiger partial charge in [0.25, 0.3) is 5.91 Å². The van der Waals surface area contributed by atoms with Gasteiger partial charge in [0.05, 0.1) is 0 Å². The molecule has 2 amide bonds. The summed E-state index contributed by atoms with van der Waals surface area (Å²) >= 11 is 5.98. The maximum atomic E-state index is 13.0. The second kappa shape index (κ2) is 10.5. The molecule has 0 aliphatic heterocycles. The summed E-state index contributed by atoms with van der Waals surface area (Å²) in [5.74, 6) is 0.266. The van der Waals surface area contributed by atoms with Crippen molar-refractivity contribution in [2.24, 2.45) is 0 Å². The average Bonchev–Trinajstić information content (AvgIpc) is 3.25. The van der Waals surface area contributed by atoms with E-state index in [1.807, 2.05) is 43.3 Å². The highest BCUT2D eigenvalue weighted by Gasteiger charge is 2.28. The third kappa shape index (κ3) is 6.23. The summed E-state index contributed by atoms with van der Waals surface area (Å²) in [5.41, 5.74) is 2.03. The molecule has 1 aliphatic rings. The van der Waals surface area contributed by atoms with E-state index in [0.29, 0.717) is 17.3 Å². The Balaban J connectivity index is 1.69. The lowest BCUT2D eigenvalue weighted by atomic mass is 10.1. The van der Waals surface area contributed by atoms with Crippen LogP contribution in [0.2, 0.25) is 5.02 Å². The molecular weight excluding hydrogens is 400 g/mol. The highest BCUT2D eigenvalue weighted by molar-refractivity contribution is 6.30. The van der Waals surface area contributed by atoms with Crippen LogP contribution < -0.4 is 10.1 Å². The van der Waals surface area contributed by atoms with Crippen LogP contribution in [0.5, 0.6) is 5.75 Å². The first-order valence-electron chi connectivity index (χ1n) is 10.5. The second-order valence-corrected chi connectivity index (χ2v) is 8.35. The van der Waals surface area contributed by atoms with Gasteiger partial charge in [0.1, 0.15) is 11.8 Å². The molecule has 0 unspecified atom stereocenters. The predicted octanol–water partition coefficient (Wildman–Crippen LogP) is 4.50. The molecule has 2 aromatic carbocycles. The number of halogens is 1. The number of carbonyl (C=O) groups excluding carboxylic acids is 2. The molecule has 30 heavy (non-hydrogen) atoms. The van der Waals surface area contributed by atoms with Gasteiger partial charge in [-0.1, -0.05) is 54.3 Å². The van der Waals surface area contributed by atoms with Crippen molar-refractivity contribution < 1.29 is 14.3 Å². The first-order valence-corrected chi connectivity index (χ1v) is 10.8. The van der Waals surface area contributed by atoms with Crippen molar-refractivity contribution in [1.29, 1.82) is 0 Å². The Morgan fingerprint density at radius 3 is 2.37 bits per heavy atom. The number of hydrogen-bond donors (Lipinski definition) is 1. The van der Waals surface area contributed by atoms with E-state index in [0.717, 1.165) is 36.8 Å². The van der Waals surface area contributed by atoms with Crippen LogP contribution in [-0.2, 0) is 16.1 Å². The minimum atomic E-state index is -0.601. The van der Waals surface area contributed by atoms with Crippen LogP contribution in [0.15, 0.2) is 48.5 Å². The highest BCUT2D eigenvalue weighted by atomic mass is 35.5. The molecule has 0 aromatic heterocycles. The van der Waals surface area contributed by atoms with Crippen molar-refractivity contribution in [3.05, 3.63) is 64.7 Å². The summed E-state index contributed by atoms with van der Waals surface area (Å²) < 4.78 is 5.68. The third-order valence-electron chi connectivity index (χ3n) is 5.52. The summed E-state index contributed by atoms with van der Waals surface area (Å²) in [6.07, 6.45) is 4.27. The number of hydrogen-bond acceptors (Lipinski definition) is 3. The number of nitrogens with one attached hydrogen (secondary N) is 1. The van der Waals surface area contributed by atoms with Crippen LogP contribution in [0, 0.1) is 6.92 Å². The van der Waals surface area contributed by atoms with Gasteiger partial charge in [-0.2, -0.15) is 0 Å². The first kappa shape index (κ1) is 22.2. The molecule has 1 atom stereocenters. The van der Waals surface area contributed by atoms with Gasteiger partial charge in [-0.25, -0.2) is 0 Å². The molecule has 1 N–H and O–H groups in total. The number of rotatable bonds is 8. The average molecular weight is 429 g/mol. The molecule has 0 bridgehead atoms. The van der Waals surface area contributed by atoms with Crippen LogP contribution in [0.4, 0.5) is 0 Å². The molecule has 6 heteroatoms. The van der Waals surface area contributed by atoms with E-state index >= 15 is 0 Å². The van der Waals surface area contributed by atoms with Crippen LogP contribution >= 0.6 is 11.6 Å². The smallest absolute Gasteiger partial charge is 0.261 e. The molecule has 2 aromatic rings. The van der Waals surface area contributed by atoms with Gasteiger partial charge >= 0.3 is 0 Å². The van der Waals surface area contributed by atoms with Gasteiger partial charge in [0, 0.05) is 17.6 Å². The Kier molecular flexibility index (Phi) is 7.75. The molecule has 0 heterocycles. The van der Waals surface area contributed by atoms with E-state index in [4.69, 9.17) is 16.3 Å². The zero-order chi connectivity index (χ0) is 21.5. The molecule has 160 valence electrons. The van der Waals surface area contributed by atoms with Crippen LogP contribution in [0.1, 0.15) is 43.7 Å². The minimum absolute atomic E-state index is 0.125. The maximum absolute atomic E-state index is 13.0. The molecule has 0 spiro atoms. The van der Waals surface area contributed by atoms with Gasteiger partial charge < -0.3 is 15.0 Å². The molecule has 1 saturated carbocycles. The number of ether oxygens (including phenoxy) is 1. The Morgan fingerprint density at radius 2 is 1.73 bits per heavy atom. The number of aryl methyl sites for hydroxylation is 1. The number of nitrogens with zero attached hydrogens (tertiary/aromatic N) is 1. The van der Waals surface area contributed by atoms with Gasteiger partial charge in [0.2, 0.25) is 5.91 Å². The molecule has 1 aliphatic carbocycles. The topological polar surface area (TPSA) is 58.6 Å². The standard InChI is InChI=1S/C24H29ClN2O3/c1-17-7-13-22(14-8-17)30-16-23(28)27(15-19-9-11-20(25)12-10-19)18(2)24(29)26-21-5-3-4-6-21/h7-14,18,21H,3-6,15-16H2,1-2H3,(H,26,29)/t18-/m0/s1. The quantitative estimate of drug-likeness (QED) is 0.673. The van der Waals surface area contributed by atoms with Crippen molar-refractivity contribution >= 4 is 23.4 Å². The van der Waals surface area contributed by atoms with E-state index < -0.39 is 6.04 Å². The van der Waals surface area contributed by atoms with E-state index in [1.54, 1.807) is 24.0 Å². The number of carbonyl (C=O) groups is 2. The Labute approximate surface area is 183 Å². The summed E-state index contributed by atoms with van der Waals surface area (Å²) in [4.78, 5) is 27.4. The summed E-state index contributed by atoms with van der Waals surface area (Å²) in [6.45, 7) is 3.95. The minimum Gasteiger partial charge on any atom is -0.484 e. The Hall–Kier alpha value is -2.53. The van der Waals surface area contributed by atoms with Crippen LogP contribution in [0.3, 0.4) is 0 Å². The molecule has 1 fully saturated rings. The largest absolute Gasteiger partial charge is 0.484 e. The Bertz CT molecular complexity index is 846. The zero-order valence-electron chi connectivity index (χ0n) is 17.6. The van der Waals surface area contributed by atoms with E-state index in [9.17, 15) is 9.59 Å². The monoisotopic (exact) mass is 428 g/mol. The molecule has 3 rings (SSSR count). The number of benzene rings is 2. The van der Waals surface area contributed by atoms with Crippen molar-refractivity contribution in [3.8, 4) is 5.75 Å². The van der Waals surface area contributed by atoms with Crippen molar-refractivity contribution in [1.82, 2.24) is 10.2 Å². The highest BCUT2D eigenvalue weighted by Crippen LogP contribution is 2.19. The maximum Gasteiger partial charge on any atom is 0.261 e. The van der Waals surface area contributed by atoms with Crippen molar-refractivity contribution in [3.63, 3.8) is 0 Å². The van der Waals surface area contributed by atoms with E-state index in [1.165, 1.54) is 0 Å². The first-order chi connectivity index (χ1) is 14.4. The predicted molar refractivity (Wildman–Crippen MR) is 119 cm³/mol. The lowest BCUT2D eigenvalue weighted by Crippen LogP contribution is -2.50. The van der Waals surface area contributed by atoms with Gasteiger partial charge in [-0.15, -0.1) is 0 Å². The second-order valence-electron chi connectivity index (χ2n) is 7.92. The van der Waals surface area contributed by atoms with Gasteiger partial charge in [0.15, 0.2) is 6.61 Å². The SMILES string of the molecule is Cc1ccc(OCC(=O)N(Cc2ccc(Cl)cc2)[C@@H](C)C(=O)NC2CCCC2)cc1. The van der Waals surface area contributed by atoms with Crippen molar-refractivity contribution in [2.45, 2.75) is 58.2 Å². The third-order valence-corrected chi connectivity index (χ3v) is 5.77. The molecule has 5 nitrogen and oxygen atoms in total. The molecular formula is C24H29ClN2O3. The van der Waals surface area contributed by atoms with E-state index in [-0.39, 0.29) is 24.5 Å². The fraction of sp³-hybridized carbons (Fsp3) is 0.417. The molecule has 0 saturated heterocycles. The van der Waals surface area contributed by atoms with Crippen LogP contribution in [0.25, 0.3) is 0 Å². The zero-order valence-corrected chi connectivity index (χ0v) is 18.3. The number of amides is 2. The summed E-state index contributed by atoms with van der Waals surface area (Å²) in [7, 11) is 0. The molecule has 0 radical (unpaired) electrons. The fourth-order valence-corrected chi connectivity index (χ4v) is 3.75. The normalized spacial score (nSPS) is 14.9.